The second kappa shape index (κ2) is 9.97. The van der Waals surface area contributed by atoms with Gasteiger partial charge in [0.2, 0.25) is 11.6 Å². The summed E-state index contributed by atoms with van der Waals surface area (Å²) in [6.07, 6.45) is 1.83. The highest BCUT2D eigenvalue weighted by atomic mass is 16.4. The van der Waals surface area contributed by atoms with Crippen LogP contribution < -0.4 is 0 Å². The predicted molar refractivity (Wildman–Crippen MR) is 116 cm³/mol. The van der Waals surface area contributed by atoms with Gasteiger partial charge in [-0.1, -0.05) is 108 Å². The van der Waals surface area contributed by atoms with Crippen LogP contribution in [0.5, 0.6) is 0 Å². The molecule has 1 N–H and O–H groups in total. The van der Waals surface area contributed by atoms with Crippen molar-refractivity contribution >= 4 is 17.5 Å². The zero-order valence-corrected chi connectivity index (χ0v) is 18.0. The molecular weight excluding hydrogens is 364 g/mol. The lowest BCUT2D eigenvalue weighted by atomic mass is 9.81. The fourth-order valence-electron chi connectivity index (χ4n) is 2.47. The minimum absolute atomic E-state index is 0.0823. The molecule has 0 bridgehead atoms. The first-order valence-corrected chi connectivity index (χ1v) is 9.48. The number of Topliss-reactive ketones (excluding diaryl/α,β-unsaturated/α-hetero) is 2. The molecule has 0 aliphatic heterocycles. The summed E-state index contributed by atoms with van der Waals surface area (Å²) in [6, 6.07) is 17.2. The van der Waals surface area contributed by atoms with Crippen LogP contribution in [-0.2, 0) is 4.79 Å². The van der Waals surface area contributed by atoms with Crippen LogP contribution in [0, 0.1) is 10.8 Å². The van der Waals surface area contributed by atoms with E-state index in [2.05, 4.69) is 0 Å². The van der Waals surface area contributed by atoms with Crippen molar-refractivity contribution in [1.29, 1.82) is 0 Å². The molecule has 2 aromatic carbocycles. The zero-order valence-electron chi connectivity index (χ0n) is 18.0. The van der Waals surface area contributed by atoms with E-state index < -0.39 is 17.5 Å². The summed E-state index contributed by atoms with van der Waals surface area (Å²) < 4.78 is 0. The van der Waals surface area contributed by atoms with Crippen molar-refractivity contribution in [2.75, 3.05) is 0 Å². The molecule has 0 atom stereocenters. The number of allylic oxidation sites excluding steroid dienone is 1. The van der Waals surface area contributed by atoms with E-state index in [-0.39, 0.29) is 10.8 Å². The first-order chi connectivity index (χ1) is 13.3. The van der Waals surface area contributed by atoms with E-state index in [1.54, 1.807) is 48.5 Å². The van der Waals surface area contributed by atoms with Gasteiger partial charge in [-0.05, 0) is 10.8 Å². The zero-order chi connectivity index (χ0) is 22.2. The van der Waals surface area contributed by atoms with Gasteiger partial charge in [-0.25, -0.2) is 4.79 Å². The lowest BCUT2D eigenvalue weighted by Crippen LogP contribution is -2.20. The van der Waals surface area contributed by atoms with Crippen molar-refractivity contribution < 1.29 is 19.5 Å². The molecule has 0 unspecified atom stereocenters. The molecule has 0 spiro atoms. The first kappa shape index (κ1) is 24.0. The Bertz CT molecular complexity index is 815. The Kier molecular flexibility index (Phi) is 8.26. The molecule has 0 amide bonds. The molecule has 0 radical (unpaired) electrons. The van der Waals surface area contributed by atoms with Crippen LogP contribution in [0.1, 0.15) is 62.3 Å². The van der Waals surface area contributed by atoms with E-state index in [9.17, 15) is 14.4 Å². The second-order valence-corrected chi connectivity index (χ2v) is 8.87. The number of ketones is 2. The van der Waals surface area contributed by atoms with Gasteiger partial charge in [0.1, 0.15) is 0 Å². The summed E-state index contributed by atoms with van der Waals surface area (Å²) in [5, 5.41) is 9.00. The fraction of sp³-hybridized carbons (Fsp3) is 0.320. The van der Waals surface area contributed by atoms with Crippen LogP contribution >= 0.6 is 0 Å². The van der Waals surface area contributed by atoms with Crippen molar-refractivity contribution in [1.82, 2.24) is 0 Å². The van der Waals surface area contributed by atoms with Crippen LogP contribution in [-0.4, -0.2) is 22.6 Å². The molecular formula is C25H30O4. The maximum atomic E-state index is 11.8. The Labute approximate surface area is 173 Å². The third-order valence-electron chi connectivity index (χ3n) is 3.89. The summed E-state index contributed by atoms with van der Waals surface area (Å²) in [5.41, 5.74) is 0.966. The lowest BCUT2D eigenvalue weighted by Gasteiger charge is -2.23. The van der Waals surface area contributed by atoms with Gasteiger partial charge in [0.15, 0.2) is 0 Å². The van der Waals surface area contributed by atoms with Gasteiger partial charge in [0.05, 0.1) is 0 Å². The van der Waals surface area contributed by atoms with E-state index in [0.29, 0.717) is 16.7 Å². The number of carboxylic acid groups (broad SMARTS) is 1. The number of carbonyl (C=O) groups excluding carboxylic acids is 2. The molecule has 0 aromatic heterocycles. The maximum Gasteiger partial charge on any atom is 0.331 e. The molecule has 0 fully saturated rings. The molecule has 2 aromatic rings. The highest BCUT2D eigenvalue weighted by Crippen LogP contribution is 2.29. The second-order valence-electron chi connectivity index (χ2n) is 8.87. The number of rotatable bonds is 4. The topological polar surface area (TPSA) is 71.4 Å². The van der Waals surface area contributed by atoms with Crippen molar-refractivity contribution in [3.63, 3.8) is 0 Å². The molecule has 0 heterocycles. The Hall–Kier alpha value is -3.01. The number of carbonyl (C=O) groups is 3. The van der Waals surface area contributed by atoms with E-state index in [0.717, 1.165) is 0 Å². The van der Waals surface area contributed by atoms with E-state index >= 15 is 0 Å². The van der Waals surface area contributed by atoms with Crippen LogP contribution in [0.4, 0.5) is 0 Å². The average molecular weight is 395 g/mol. The van der Waals surface area contributed by atoms with Crippen LogP contribution in [0.3, 0.4) is 0 Å². The van der Waals surface area contributed by atoms with Gasteiger partial charge < -0.3 is 5.11 Å². The summed E-state index contributed by atoms with van der Waals surface area (Å²) in [5.74, 6) is -1.75. The highest BCUT2D eigenvalue weighted by molar-refractivity contribution is 6.49. The van der Waals surface area contributed by atoms with Crippen LogP contribution in [0.2, 0.25) is 0 Å². The number of carboxylic acids is 1. The molecule has 0 aliphatic carbocycles. The SMILES string of the molecule is CC(C)(C)C=C(C(=O)O)C(C)(C)C.O=C(C(=O)c1ccccc1)c1ccccc1. The molecule has 4 heteroatoms. The fourth-order valence-corrected chi connectivity index (χ4v) is 2.47. The number of hydrogen-bond acceptors (Lipinski definition) is 3. The summed E-state index contributed by atoms with van der Waals surface area (Å²) in [4.78, 5) is 34.5. The first-order valence-electron chi connectivity index (χ1n) is 9.48. The molecule has 0 saturated carbocycles. The predicted octanol–water partition coefficient (Wildman–Crippen LogP) is 5.84. The van der Waals surface area contributed by atoms with Crippen molar-refractivity contribution in [3.8, 4) is 0 Å². The van der Waals surface area contributed by atoms with E-state index in [4.69, 9.17) is 5.11 Å². The quantitative estimate of drug-likeness (QED) is 0.402. The third kappa shape index (κ3) is 8.26. The average Bonchev–Trinajstić information content (AvgIpc) is 2.65. The van der Waals surface area contributed by atoms with Gasteiger partial charge in [0, 0.05) is 16.7 Å². The summed E-state index contributed by atoms with van der Waals surface area (Å²) in [7, 11) is 0. The summed E-state index contributed by atoms with van der Waals surface area (Å²) >= 11 is 0. The van der Waals surface area contributed by atoms with Gasteiger partial charge >= 0.3 is 5.97 Å². The maximum absolute atomic E-state index is 11.8. The minimum atomic E-state index is -0.817. The number of hydrogen-bond donors (Lipinski definition) is 1. The van der Waals surface area contributed by atoms with Crippen LogP contribution in [0.25, 0.3) is 0 Å². The van der Waals surface area contributed by atoms with Gasteiger partial charge in [-0.3, -0.25) is 9.59 Å². The highest BCUT2D eigenvalue weighted by Gasteiger charge is 2.25. The summed E-state index contributed by atoms with van der Waals surface area (Å²) in [6.45, 7) is 11.8. The lowest BCUT2D eigenvalue weighted by molar-refractivity contribution is -0.133. The van der Waals surface area contributed by atoms with Crippen LogP contribution in [0.15, 0.2) is 72.3 Å². The Morgan fingerprint density at radius 2 is 1.03 bits per heavy atom. The Balaban J connectivity index is 0.000000298. The molecule has 0 saturated heterocycles. The van der Waals surface area contributed by atoms with Crippen molar-refractivity contribution in [3.05, 3.63) is 83.4 Å². The molecule has 154 valence electrons. The van der Waals surface area contributed by atoms with Gasteiger partial charge in [-0.15, -0.1) is 0 Å². The molecule has 2 rings (SSSR count). The van der Waals surface area contributed by atoms with Gasteiger partial charge in [0.25, 0.3) is 0 Å². The Morgan fingerprint density at radius 1 is 0.690 bits per heavy atom. The largest absolute Gasteiger partial charge is 0.478 e. The van der Waals surface area contributed by atoms with Gasteiger partial charge in [-0.2, -0.15) is 0 Å². The monoisotopic (exact) mass is 394 g/mol. The normalized spacial score (nSPS) is 11.9. The standard InChI is InChI=1S/C14H10O2.C11H20O2/c15-13(11-7-3-1-4-8-11)14(16)12-9-5-2-6-10-12;1-10(2,3)7-8(9(12)13)11(4,5)6/h1-10H;7H,1-6H3,(H,12,13). The molecule has 0 aliphatic rings. The van der Waals surface area contributed by atoms with Crippen molar-refractivity contribution in [2.45, 2.75) is 41.5 Å². The molecule has 29 heavy (non-hydrogen) atoms. The van der Waals surface area contributed by atoms with Crippen molar-refractivity contribution in [2.24, 2.45) is 10.8 Å². The smallest absolute Gasteiger partial charge is 0.331 e. The number of aliphatic carboxylic acids is 1. The number of benzene rings is 2. The van der Waals surface area contributed by atoms with E-state index in [1.165, 1.54) is 0 Å². The minimum Gasteiger partial charge on any atom is -0.478 e. The Morgan fingerprint density at radius 3 is 1.24 bits per heavy atom. The van der Waals surface area contributed by atoms with E-state index in [1.807, 2.05) is 59.8 Å². The third-order valence-corrected chi connectivity index (χ3v) is 3.89. The molecule has 4 nitrogen and oxygen atoms in total.